The number of pyridine rings is 1. The molecule has 1 aromatic carbocycles. The first-order valence-corrected chi connectivity index (χ1v) is 11.4. The van der Waals surface area contributed by atoms with Crippen LogP contribution in [0.15, 0.2) is 60.2 Å². The van der Waals surface area contributed by atoms with Crippen LogP contribution in [0.1, 0.15) is 59.8 Å². The third-order valence-electron chi connectivity index (χ3n) is 5.57. The Morgan fingerprint density at radius 1 is 1.06 bits per heavy atom. The third-order valence-corrected chi connectivity index (χ3v) is 6.07. The van der Waals surface area contributed by atoms with E-state index in [2.05, 4.69) is 19.9 Å². The molecule has 1 fully saturated rings. The molecule has 2 amide bonds. The molecule has 1 N–H and O–H groups in total. The number of hydrogen-bond acceptors (Lipinski definition) is 6. The number of rotatable bonds is 7. The quantitative estimate of drug-likeness (QED) is 0.610. The number of benzene rings is 1. The molecule has 2 heterocycles. The first-order chi connectivity index (χ1) is 15.2. The lowest BCUT2D eigenvalue weighted by Crippen LogP contribution is -2.47. The van der Waals surface area contributed by atoms with Crippen LogP contribution in [0.5, 0.6) is 0 Å². The molecule has 0 radical (unpaired) electrons. The maximum Gasteiger partial charge on any atom is 0.276 e. The topological polar surface area (TPSA) is 88.1 Å². The SMILES string of the molecule is O=C(NC1CCCCC1)[C@@H](c1ccncc1)N(Cc1ccccc1)C(=O)c1csnn1. The van der Waals surface area contributed by atoms with E-state index in [1.165, 1.54) is 6.42 Å². The summed E-state index contributed by atoms with van der Waals surface area (Å²) in [5.41, 5.74) is 1.89. The molecule has 0 spiro atoms. The van der Waals surface area contributed by atoms with Crippen molar-refractivity contribution in [2.45, 2.75) is 50.7 Å². The Morgan fingerprint density at radius 2 is 1.81 bits per heavy atom. The highest BCUT2D eigenvalue weighted by molar-refractivity contribution is 7.03. The van der Waals surface area contributed by atoms with Crippen LogP contribution in [0.3, 0.4) is 0 Å². The summed E-state index contributed by atoms with van der Waals surface area (Å²) in [5, 5.41) is 8.77. The minimum Gasteiger partial charge on any atom is -0.351 e. The van der Waals surface area contributed by atoms with E-state index in [1.807, 2.05) is 30.3 Å². The summed E-state index contributed by atoms with van der Waals surface area (Å²) in [6.07, 6.45) is 8.66. The molecule has 3 aromatic rings. The molecule has 1 atom stereocenters. The molecular formula is C23H25N5O2S. The van der Waals surface area contributed by atoms with Gasteiger partial charge in [-0.05, 0) is 47.6 Å². The van der Waals surface area contributed by atoms with Crippen LogP contribution < -0.4 is 5.32 Å². The van der Waals surface area contributed by atoms with Crippen LogP contribution in [0.25, 0.3) is 0 Å². The summed E-state index contributed by atoms with van der Waals surface area (Å²) in [4.78, 5) is 32.7. The van der Waals surface area contributed by atoms with Gasteiger partial charge in [-0.1, -0.05) is 54.1 Å². The van der Waals surface area contributed by atoms with Crippen molar-refractivity contribution in [3.8, 4) is 0 Å². The summed E-state index contributed by atoms with van der Waals surface area (Å²) in [5.74, 6) is -0.497. The number of aromatic nitrogens is 3. The number of amides is 2. The van der Waals surface area contributed by atoms with Crippen molar-refractivity contribution in [3.63, 3.8) is 0 Å². The molecule has 0 aliphatic heterocycles. The van der Waals surface area contributed by atoms with Crippen LogP contribution in [0, 0.1) is 0 Å². The maximum atomic E-state index is 13.6. The van der Waals surface area contributed by atoms with E-state index in [1.54, 1.807) is 34.8 Å². The molecule has 0 bridgehead atoms. The smallest absolute Gasteiger partial charge is 0.276 e. The zero-order valence-corrected chi connectivity index (χ0v) is 18.0. The fourth-order valence-electron chi connectivity index (χ4n) is 4.01. The van der Waals surface area contributed by atoms with Gasteiger partial charge in [-0.25, -0.2) is 0 Å². The molecule has 2 aromatic heterocycles. The van der Waals surface area contributed by atoms with Gasteiger partial charge in [0.15, 0.2) is 5.69 Å². The van der Waals surface area contributed by atoms with Crippen molar-refractivity contribution in [1.82, 2.24) is 24.8 Å². The minimum atomic E-state index is -0.792. The summed E-state index contributed by atoms with van der Waals surface area (Å²) < 4.78 is 3.84. The van der Waals surface area contributed by atoms with Gasteiger partial charge < -0.3 is 10.2 Å². The Morgan fingerprint density at radius 3 is 2.48 bits per heavy atom. The Balaban J connectivity index is 1.69. The fourth-order valence-corrected chi connectivity index (χ4v) is 4.44. The van der Waals surface area contributed by atoms with Crippen molar-refractivity contribution in [1.29, 1.82) is 0 Å². The molecule has 4 rings (SSSR count). The standard InChI is InChI=1S/C23H25N5O2S/c29-22(25-19-9-5-2-6-10-19)21(18-11-13-24-14-12-18)28(15-17-7-3-1-4-8-17)23(30)20-16-31-27-26-20/h1,3-4,7-8,11-14,16,19,21H,2,5-6,9-10,15H2,(H,25,29)/t21-/m1/s1. The molecule has 1 saturated carbocycles. The van der Waals surface area contributed by atoms with Gasteiger partial charge in [-0.2, -0.15) is 0 Å². The average molecular weight is 436 g/mol. The van der Waals surface area contributed by atoms with Crippen molar-refractivity contribution in [2.24, 2.45) is 0 Å². The van der Waals surface area contributed by atoms with Crippen LogP contribution in [-0.2, 0) is 11.3 Å². The Labute approximate surface area is 185 Å². The molecule has 1 aliphatic carbocycles. The van der Waals surface area contributed by atoms with Crippen molar-refractivity contribution in [2.75, 3.05) is 0 Å². The van der Waals surface area contributed by atoms with E-state index in [9.17, 15) is 9.59 Å². The van der Waals surface area contributed by atoms with E-state index in [4.69, 9.17) is 0 Å². The largest absolute Gasteiger partial charge is 0.351 e. The van der Waals surface area contributed by atoms with E-state index in [0.717, 1.165) is 48.3 Å². The lowest BCUT2D eigenvalue weighted by molar-refractivity contribution is -0.127. The Hall–Kier alpha value is -3.13. The van der Waals surface area contributed by atoms with E-state index in [-0.39, 0.29) is 30.1 Å². The fraction of sp³-hybridized carbons (Fsp3) is 0.348. The summed E-state index contributed by atoms with van der Waals surface area (Å²) >= 11 is 1.12. The Kier molecular flexibility index (Phi) is 6.99. The van der Waals surface area contributed by atoms with Crippen molar-refractivity contribution < 1.29 is 9.59 Å². The normalized spacial score (nSPS) is 15.2. The minimum absolute atomic E-state index is 0.139. The molecule has 31 heavy (non-hydrogen) atoms. The third kappa shape index (κ3) is 5.32. The molecule has 1 aliphatic rings. The lowest BCUT2D eigenvalue weighted by Gasteiger charge is -2.33. The predicted octanol–water partition coefficient (Wildman–Crippen LogP) is 3.77. The first-order valence-electron chi connectivity index (χ1n) is 10.5. The van der Waals surface area contributed by atoms with Crippen LogP contribution >= 0.6 is 11.5 Å². The number of hydrogen-bond donors (Lipinski definition) is 1. The van der Waals surface area contributed by atoms with Crippen molar-refractivity contribution in [3.05, 3.63) is 77.1 Å². The summed E-state index contributed by atoms with van der Waals surface area (Å²) in [6.45, 7) is 0.280. The molecular weight excluding hydrogens is 410 g/mol. The second-order valence-corrected chi connectivity index (χ2v) is 8.35. The number of nitrogens with one attached hydrogen (secondary N) is 1. The number of nitrogens with zero attached hydrogens (tertiary/aromatic N) is 4. The zero-order valence-electron chi connectivity index (χ0n) is 17.2. The van der Waals surface area contributed by atoms with Gasteiger partial charge in [0.1, 0.15) is 6.04 Å². The van der Waals surface area contributed by atoms with Crippen molar-refractivity contribution >= 4 is 23.3 Å². The molecule has 0 saturated heterocycles. The van der Waals surface area contributed by atoms with Crippen LogP contribution in [-0.4, -0.2) is 37.3 Å². The lowest BCUT2D eigenvalue weighted by atomic mass is 9.94. The van der Waals surface area contributed by atoms with Gasteiger partial charge >= 0.3 is 0 Å². The first kappa shape index (κ1) is 21.1. The van der Waals surface area contributed by atoms with E-state index in [0.29, 0.717) is 0 Å². The van der Waals surface area contributed by atoms with Gasteiger partial charge in [0, 0.05) is 30.4 Å². The van der Waals surface area contributed by atoms with Crippen LogP contribution in [0.2, 0.25) is 0 Å². The van der Waals surface area contributed by atoms with E-state index >= 15 is 0 Å². The molecule has 160 valence electrons. The highest BCUT2D eigenvalue weighted by Gasteiger charge is 2.34. The van der Waals surface area contributed by atoms with Gasteiger partial charge in [0.2, 0.25) is 5.91 Å². The second kappa shape index (κ2) is 10.3. The van der Waals surface area contributed by atoms with Gasteiger partial charge in [0.05, 0.1) is 0 Å². The maximum absolute atomic E-state index is 13.6. The number of carbonyl (C=O) groups is 2. The molecule has 7 nitrogen and oxygen atoms in total. The number of carbonyl (C=O) groups excluding carboxylic acids is 2. The monoisotopic (exact) mass is 435 g/mol. The van der Waals surface area contributed by atoms with Gasteiger partial charge in [-0.3, -0.25) is 14.6 Å². The summed E-state index contributed by atoms with van der Waals surface area (Å²) in [6, 6.07) is 12.6. The average Bonchev–Trinajstić information content (AvgIpc) is 3.35. The second-order valence-electron chi connectivity index (χ2n) is 7.74. The Bertz CT molecular complexity index is 976. The highest BCUT2D eigenvalue weighted by Crippen LogP contribution is 2.27. The van der Waals surface area contributed by atoms with E-state index < -0.39 is 6.04 Å². The molecule has 8 heteroatoms. The molecule has 0 unspecified atom stereocenters. The van der Waals surface area contributed by atoms with Crippen LogP contribution in [0.4, 0.5) is 0 Å². The van der Waals surface area contributed by atoms with Gasteiger partial charge in [0.25, 0.3) is 5.91 Å². The predicted molar refractivity (Wildman–Crippen MR) is 118 cm³/mol. The highest BCUT2D eigenvalue weighted by atomic mass is 32.1. The van der Waals surface area contributed by atoms with Gasteiger partial charge in [-0.15, -0.1) is 5.10 Å². The zero-order chi connectivity index (χ0) is 21.5. The summed E-state index contributed by atoms with van der Waals surface area (Å²) in [7, 11) is 0.